The number of nitrogens with zero attached hydrogens (tertiary/aromatic N) is 1. The molecule has 3 aromatic carbocycles. The van der Waals surface area contributed by atoms with Crippen molar-refractivity contribution in [1.82, 2.24) is 0 Å². The molecule has 0 atom stereocenters. The smallest absolute Gasteiger partial charge is 0.326 e. The van der Waals surface area contributed by atoms with Crippen LogP contribution in [0.5, 0.6) is 0 Å². The number of benzene rings is 3. The second kappa shape index (κ2) is 7.76. The van der Waals surface area contributed by atoms with Crippen molar-refractivity contribution in [2.75, 3.05) is 18.0 Å². The fourth-order valence-corrected chi connectivity index (χ4v) is 4.58. The largest absolute Gasteiger partial charge is 0.468 e. The molecule has 0 unspecified atom stereocenters. The molecule has 0 fully saturated rings. The molecule has 0 heterocycles. The van der Waals surface area contributed by atoms with Gasteiger partial charge in [0.05, 0.1) is 17.7 Å². The third-order valence-electron chi connectivity index (χ3n) is 3.94. The molecule has 3 aromatic rings. The minimum Gasteiger partial charge on any atom is -0.468 e. The zero-order chi connectivity index (χ0) is 19.6. The molecule has 0 N–H and O–H groups in total. The lowest BCUT2D eigenvalue weighted by atomic mass is 10.1. The summed E-state index contributed by atoms with van der Waals surface area (Å²) in [5.41, 5.74) is 0.172. The first-order valence-electron chi connectivity index (χ1n) is 7.86. The van der Waals surface area contributed by atoms with Crippen molar-refractivity contribution < 1.29 is 17.9 Å². The fourth-order valence-electron chi connectivity index (χ4n) is 2.64. The van der Waals surface area contributed by atoms with Crippen LogP contribution in [0.15, 0.2) is 65.6 Å². The van der Waals surface area contributed by atoms with Gasteiger partial charge in [-0.3, -0.25) is 9.10 Å². The maximum atomic E-state index is 13.3. The van der Waals surface area contributed by atoms with Crippen LogP contribution in [0.3, 0.4) is 0 Å². The number of carbonyl (C=O) groups is 1. The first-order chi connectivity index (χ1) is 12.8. The number of hydrogen-bond donors (Lipinski definition) is 0. The van der Waals surface area contributed by atoms with Gasteiger partial charge in [0.2, 0.25) is 0 Å². The zero-order valence-electron chi connectivity index (χ0n) is 14.2. The summed E-state index contributed by atoms with van der Waals surface area (Å²) in [4.78, 5) is 11.9. The maximum absolute atomic E-state index is 13.3. The van der Waals surface area contributed by atoms with E-state index in [0.29, 0.717) is 0 Å². The van der Waals surface area contributed by atoms with Crippen LogP contribution in [0.1, 0.15) is 0 Å². The number of esters is 1. The average Bonchev–Trinajstić information content (AvgIpc) is 2.64. The topological polar surface area (TPSA) is 63.7 Å². The second-order valence-electron chi connectivity index (χ2n) is 5.72. The van der Waals surface area contributed by atoms with Gasteiger partial charge in [0, 0.05) is 10.0 Å². The molecule has 0 saturated carbocycles. The van der Waals surface area contributed by atoms with Gasteiger partial charge in [-0.05, 0) is 41.1 Å². The maximum Gasteiger partial charge on any atom is 0.326 e. The van der Waals surface area contributed by atoms with E-state index >= 15 is 0 Å². The first-order valence-corrected chi connectivity index (χ1v) is 10.1. The molecule has 3 rings (SSSR count). The third kappa shape index (κ3) is 4.18. The summed E-state index contributed by atoms with van der Waals surface area (Å²) in [5, 5.41) is 2.17. The molecule has 0 radical (unpaired) electrons. The van der Waals surface area contributed by atoms with Gasteiger partial charge in [-0.1, -0.05) is 53.5 Å². The van der Waals surface area contributed by atoms with Crippen molar-refractivity contribution in [1.29, 1.82) is 0 Å². The van der Waals surface area contributed by atoms with Crippen LogP contribution < -0.4 is 4.31 Å². The van der Waals surface area contributed by atoms with Crippen LogP contribution in [-0.2, 0) is 19.6 Å². The summed E-state index contributed by atoms with van der Waals surface area (Å²) < 4.78 is 32.1. The van der Waals surface area contributed by atoms with E-state index in [1.165, 1.54) is 31.4 Å². The van der Waals surface area contributed by atoms with Gasteiger partial charge in [0.25, 0.3) is 10.0 Å². The monoisotopic (exact) mass is 423 g/mol. The van der Waals surface area contributed by atoms with Crippen molar-refractivity contribution in [3.8, 4) is 0 Å². The Kier molecular flexibility index (Phi) is 5.60. The van der Waals surface area contributed by atoms with Gasteiger partial charge < -0.3 is 4.74 Å². The van der Waals surface area contributed by atoms with Gasteiger partial charge in [0.15, 0.2) is 0 Å². The van der Waals surface area contributed by atoms with E-state index in [4.69, 9.17) is 23.2 Å². The zero-order valence-corrected chi connectivity index (χ0v) is 16.6. The van der Waals surface area contributed by atoms with Crippen LogP contribution in [0.4, 0.5) is 5.69 Å². The lowest BCUT2D eigenvalue weighted by molar-refractivity contribution is -0.138. The molecule has 0 saturated heterocycles. The Morgan fingerprint density at radius 1 is 0.963 bits per heavy atom. The molecule has 0 aliphatic heterocycles. The summed E-state index contributed by atoms with van der Waals surface area (Å²) in [6.07, 6.45) is 0. The SMILES string of the molecule is COC(=O)CN(c1cc(Cl)cc(Cl)c1)S(=O)(=O)c1ccc2ccccc2c1. The first kappa shape index (κ1) is 19.5. The van der Waals surface area contributed by atoms with E-state index in [9.17, 15) is 13.2 Å². The number of rotatable bonds is 5. The van der Waals surface area contributed by atoms with Crippen LogP contribution in [-0.4, -0.2) is 28.0 Å². The van der Waals surface area contributed by atoms with Crippen LogP contribution >= 0.6 is 23.2 Å². The Labute approximate surface area is 167 Å². The predicted molar refractivity (Wildman–Crippen MR) is 107 cm³/mol. The number of hydrogen-bond acceptors (Lipinski definition) is 4. The van der Waals surface area contributed by atoms with Crippen molar-refractivity contribution in [3.05, 3.63) is 70.7 Å². The molecule has 27 heavy (non-hydrogen) atoms. The van der Waals surface area contributed by atoms with E-state index in [1.54, 1.807) is 12.1 Å². The van der Waals surface area contributed by atoms with Crippen molar-refractivity contribution in [2.24, 2.45) is 0 Å². The molecular formula is C19H15Cl2NO4S. The number of ether oxygens (including phenoxy) is 1. The molecule has 0 aromatic heterocycles. The quantitative estimate of drug-likeness (QED) is 0.566. The molecular weight excluding hydrogens is 409 g/mol. The summed E-state index contributed by atoms with van der Waals surface area (Å²) in [6.45, 7) is -0.512. The van der Waals surface area contributed by atoms with Gasteiger partial charge in [-0.15, -0.1) is 0 Å². The number of anilines is 1. The Hall–Kier alpha value is -2.28. The van der Waals surface area contributed by atoms with E-state index in [0.717, 1.165) is 15.1 Å². The third-order valence-corrected chi connectivity index (χ3v) is 6.15. The van der Waals surface area contributed by atoms with Crippen molar-refractivity contribution >= 4 is 55.7 Å². The van der Waals surface area contributed by atoms with E-state index in [2.05, 4.69) is 4.74 Å². The summed E-state index contributed by atoms with van der Waals surface area (Å²) in [5.74, 6) is -0.713. The Bertz CT molecular complexity index is 1100. The minimum absolute atomic E-state index is 0.0428. The summed E-state index contributed by atoms with van der Waals surface area (Å²) in [7, 11) is -2.88. The number of halogens is 2. The molecule has 5 nitrogen and oxygen atoms in total. The highest BCUT2D eigenvalue weighted by molar-refractivity contribution is 7.92. The van der Waals surface area contributed by atoms with Crippen LogP contribution in [0, 0.1) is 0 Å². The van der Waals surface area contributed by atoms with E-state index in [-0.39, 0.29) is 20.6 Å². The van der Waals surface area contributed by atoms with Gasteiger partial charge in [0.1, 0.15) is 6.54 Å². The molecule has 0 bridgehead atoms. The highest BCUT2D eigenvalue weighted by Gasteiger charge is 2.28. The van der Waals surface area contributed by atoms with E-state index in [1.807, 2.05) is 24.3 Å². The molecule has 0 spiro atoms. The Morgan fingerprint density at radius 3 is 2.22 bits per heavy atom. The summed E-state index contributed by atoms with van der Waals surface area (Å²) in [6, 6.07) is 16.5. The average molecular weight is 424 g/mol. The highest BCUT2D eigenvalue weighted by atomic mass is 35.5. The Balaban J connectivity index is 2.14. The number of methoxy groups -OCH3 is 1. The predicted octanol–water partition coefficient (Wildman–Crippen LogP) is 4.51. The fraction of sp³-hybridized carbons (Fsp3) is 0.105. The van der Waals surface area contributed by atoms with Crippen LogP contribution in [0.2, 0.25) is 10.0 Å². The number of fused-ring (bicyclic) bond motifs is 1. The van der Waals surface area contributed by atoms with Gasteiger partial charge in [-0.2, -0.15) is 0 Å². The van der Waals surface area contributed by atoms with Gasteiger partial charge >= 0.3 is 5.97 Å². The normalized spacial score (nSPS) is 11.4. The van der Waals surface area contributed by atoms with Gasteiger partial charge in [-0.25, -0.2) is 8.42 Å². The minimum atomic E-state index is -4.07. The molecule has 0 aliphatic carbocycles. The van der Waals surface area contributed by atoms with E-state index < -0.39 is 22.5 Å². The van der Waals surface area contributed by atoms with Crippen molar-refractivity contribution in [3.63, 3.8) is 0 Å². The lowest BCUT2D eigenvalue weighted by Crippen LogP contribution is -2.36. The highest BCUT2D eigenvalue weighted by Crippen LogP contribution is 2.30. The molecule has 8 heteroatoms. The molecule has 140 valence electrons. The molecule has 0 amide bonds. The number of sulfonamides is 1. The number of carbonyl (C=O) groups excluding carboxylic acids is 1. The summed E-state index contributed by atoms with van der Waals surface area (Å²) >= 11 is 12.0. The van der Waals surface area contributed by atoms with Crippen LogP contribution in [0.25, 0.3) is 10.8 Å². The Morgan fingerprint density at radius 2 is 1.59 bits per heavy atom. The lowest BCUT2D eigenvalue weighted by Gasteiger charge is -2.24. The molecule has 0 aliphatic rings. The van der Waals surface area contributed by atoms with Crippen molar-refractivity contribution in [2.45, 2.75) is 4.90 Å². The standard InChI is InChI=1S/C19H15Cl2NO4S/c1-26-19(23)12-22(17-10-15(20)9-16(21)11-17)27(24,25)18-7-6-13-4-2-3-5-14(13)8-18/h2-11H,12H2,1H3. The second-order valence-corrected chi connectivity index (χ2v) is 8.46.